The van der Waals surface area contributed by atoms with Crippen LogP contribution in [0.15, 0.2) is 36.5 Å². The van der Waals surface area contributed by atoms with Crippen LogP contribution in [0, 0.1) is 5.92 Å². The summed E-state index contributed by atoms with van der Waals surface area (Å²) in [6.45, 7) is 4.88. The fourth-order valence-corrected chi connectivity index (χ4v) is 1.90. The van der Waals surface area contributed by atoms with Gasteiger partial charge in [-0.25, -0.2) is 4.68 Å². The molecule has 0 saturated heterocycles. The predicted molar refractivity (Wildman–Crippen MR) is 80.0 cm³/mol. The minimum Gasteiger partial charge on any atom is -0.366 e. The Morgan fingerprint density at radius 1 is 1.19 bits per heavy atom. The van der Waals surface area contributed by atoms with Gasteiger partial charge in [0.05, 0.1) is 6.20 Å². The number of rotatable bonds is 5. The molecule has 0 radical (unpaired) electrons. The molecule has 0 aliphatic carbocycles. The molecule has 0 atom stereocenters. The number of anilines is 1. The lowest BCUT2D eigenvalue weighted by molar-refractivity contribution is 0.0995. The molecule has 0 aliphatic heterocycles. The van der Waals surface area contributed by atoms with Crippen molar-refractivity contribution in [2.75, 3.05) is 5.32 Å². The van der Waals surface area contributed by atoms with E-state index in [1.807, 2.05) is 0 Å². The molecule has 2 rings (SSSR count). The van der Waals surface area contributed by atoms with Crippen molar-refractivity contribution in [2.24, 2.45) is 11.7 Å². The van der Waals surface area contributed by atoms with Crippen LogP contribution in [0.1, 0.15) is 34.6 Å². The van der Waals surface area contributed by atoms with E-state index in [4.69, 9.17) is 5.73 Å². The van der Waals surface area contributed by atoms with Gasteiger partial charge in [0, 0.05) is 23.7 Å². The molecule has 0 spiro atoms. The first-order chi connectivity index (χ1) is 9.97. The summed E-state index contributed by atoms with van der Waals surface area (Å²) in [4.78, 5) is 23.2. The number of nitrogens with zero attached hydrogens (tertiary/aromatic N) is 2. The number of primary amides is 1. The number of aromatic nitrogens is 2. The van der Waals surface area contributed by atoms with E-state index in [-0.39, 0.29) is 5.91 Å². The summed E-state index contributed by atoms with van der Waals surface area (Å²) >= 11 is 0. The number of hydrogen-bond donors (Lipinski definition) is 2. The van der Waals surface area contributed by atoms with Gasteiger partial charge in [0.25, 0.3) is 5.91 Å². The van der Waals surface area contributed by atoms with Crippen LogP contribution in [0.4, 0.5) is 5.82 Å². The van der Waals surface area contributed by atoms with E-state index < -0.39 is 5.91 Å². The number of nitrogens with two attached hydrogens (primary N) is 1. The van der Waals surface area contributed by atoms with E-state index >= 15 is 0 Å². The number of hydrogen-bond acceptors (Lipinski definition) is 3. The molecule has 0 unspecified atom stereocenters. The van der Waals surface area contributed by atoms with Crippen LogP contribution in [-0.2, 0) is 6.54 Å². The highest BCUT2D eigenvalue weighted by atomic mass is 16.2. The van der Waals surface area contributed by atoms with E-state index in [0.717, 1.165) is 6.54 Å². The van der Waals surface area contributed by atoms with E-state index in [1.165, 1.54) is 12.1 Å². The number of nitrogens with one attached hydrogen (secondary N) is 1. The summed E-state index contributed by atoms with van der Waals surface area (Å²) in [6, 6.07) is 7.94. The van der Waals surface area contributed by atoms with E-state index in [2.05, 4.69) is 24.3 Å². The van der Waals surface area contributed by atoms with Crippen LogP contribution in [0.2, 0.25) is 0 Å². The zero-order chi connectivity index (χ0) is 15.4. The van der Waals surface area contributed by atoms with Gasteiger partial charge in [-0.3, -0.25) is 9.59 Å². The van der Waals surface area contributed by atoms with Crippen molar-refractivity contribution in [2.45, 2.75) is 20.4 Å². The van der Waals surface area contributed by atoms with Crippen molar-refractivity contribution in [1.82, 2.24) is 9.78 Å². The third kappa shape index (κ3) is 3.68. The Morgan fingerprint density at radius 2 is 1.81 bits per heavy atom. The van der Waals surface area contributed by atoms with Gasteiger partial charge in [-0.2, -0.15) is 5.10 Å². The second-order valence-corrected chi connectivity index (χ2v) is 5.19. The first-order valence-electron chi connectivity index (χ1n) is 6.70. The lowest BCUT2D eigenvalue weighted by Crippen LogP contribution is -2.17. The molecule has 6 nitrogen and oxygen atoms in total. The molecule has 1 aromatic carbocycles. The molecule has 0 fully saturated rings. The molecule has 1 heterocycles. The molecule has 3 N–H and O–H groups in total. The monoisotopic (exact) mass is 286 g/mol. The topological polar surface area (TPSA) is 90.0 Å². The fourth-order valence-electron chi connectivity index (χ4n) is 1.90. The number of carbonyl (C=O) groups excluding carboxylic acids is 2. The lowest BCUT2D eigenvalue weighted by atomic mass is 10.1. The van der Waals surface area contributed by atoms with Crippen molar-refractivity contribution in [3.63, 3.8) is 0 Å². The Morgan fingerprint density at radius 3 is 2.38 bits per heavy atom. The predicted octanol–water partition coefficient (Wildman–Crippen LogP) is 1.89. The van der Waals surface area contributed by atoms with Gasteiger partial charge >= 0.3 is 0 Å². The van der Waals surface area contributed by atoms with Gasteiger partial charge in [-0.1, -0.05) is 13.8 Å². The molecule has 1 aromatic heterocycles. The van der Waals surface area contributed by atoms with E-state index in [1.54, 1.807) is 29.1 Å². The van der Waals surface area contributed by atoms with E-state index in [9.17, 15) is 9.59 Å². The van der Waals surface area contributed by atoms with Crippen LogP contribution >= 0.6 is 0 Å². The van der Waals surface area contributed by atoms with Crippen LogP contribution in [-0.4, -0.2) is 21.6 Å². The summed E-state index contributed by atoms with van der Waals surface area (Å²) < 4.78 is 1.75. The first kappa shape index (κ1) is 14.8. The normalized spacial score (nSPS) is 10.6. The lowest BCUT2D eigenvalue weighted by Gasteiger charge is -2.11. The Bertz CT molecular complexity index is 644. The van der Waals surface area contributed by atoms with Gasteiger partial charge in [-0.15, -0.1) is 0 Å². The third-order valence-electron chi connectivity index (χ3n) is 2.93. The first-order valence-corrected chi connectivity index (χ1v) is 6.70. The molecule has 0 bridgehead atoms. The average molecular weight is 286 g/mol. The molecule has 2 amide bonds. The van der Waals surface area contributed by atoms with E-state index in [0.29, 0.717) is 22.9 Å². The van der Waals surface area contributed by atoms with Gasteiger partial charge < -0.3 is 11.1 Å². The maximum atomic E-state index is 12.2. The molecule has 2 aromatic rings. The van der Waals surface area contributed by atoms with Crippen LogP contribution < -0.4 is 11.1 Å². The Balaban J connectivity index is 2.11. The Labute approximate surface area is 122 Å². The van der Waals surface area contributed by atoms with Gasteiger partial charge in [0.15, 0.2) is 0 Å². The zero-order valence-electron chi connectivity index (χ0n) is 12.0. The highest BCUT2D eigenvalue weighted by Gasteiger charge is 2.11. The van der Waals surface area contributed by atoms with Crippen molar-refractivity contribution in [3.05, 3.63) is 47.7 Å². The van der Waals surface area contributed by atoms with Crippen molar-refractivity contribution < 1.29 is 9.59 Å². The quantitative estimate of drug-likeness (QED) is 0.879. The maximum absolute atomic E-state index is 12.2. The Kier molecular flexibility index (Phi) is 4.37. The van der Waals surface area contributed by atoms with Crippen molar-refractivity contribution in [1.29, 1.82) is 0 Å². The average Bonchev–Trinajstić information content (AvgIpc) is 2.85. The fraction of sp³-hybridized carbons (Fsp3) is 0.267. The summed E-state index contributed by atoms with van der Waals surface area (Å²) in [5, 5.41) is 6.99. The van der Waals surface area contributed by atoms with Crippen LogP contribution in [0.5, 0.6) is 0 Å². The van der Waals surface area contributed by atoms with Gasteiger partial charge in [0.2, 0.25) is 5.91 Å². The SMILES string of the molecule is CC(C)Cn1nccc1NC(=O)c1ccc(C(N)=O)cc1. The minimum atomic E-state index is -0.517. The molecule has 6 heteroatoms. The smallest absolute Gasteiger partial charge is 0.256 e. The molecule has 21 heavy (non-hydrogen) atoms. The van der Waals surface area contributed by atoms with Gasteiger partial charge in [0.1, 0.15) is 5.82 Å². The maximum Gasteiger partial charge on any atom is 0.256 e. The van der Waals surface area contributed by atoms with Crippen LogP contribution in [0.3, 0.4) is 0 Å². The molecular formula is C15H18N4O2. The van der Waals surface area contributed by atoms with Crippen molar-refractivity contribution in [3.8, 4) is 0 Å². The number of amides is 2. The summed E-state index contributed by atoms with van der Waals surface area (Å²) in [6.07, 6.45) is 1.65. The summed E-state index contributed by atoms with van der Waals surface area (Å²) in [5.41, 5.74) is 5.99. The Hall–Kier alpha value is -2.63. The third-order valence-corrected chi connectivity index (χ3v) is 2.93. The summed E-state index contributed by atoms with van der Waals surface area (Å²) in [7, 11) is 0. The van der Waals surface area contributed by atoms with Crippen LogP contribution in [0.25, 0.3) is 0 Å². The second kappa shape index (κ2) is 6.21. The molecule has 110 valence electrons. The minimum absolute atomic E-state index is 0.253. The zero-order valence-corrected chi connectivity index (χ0v) is 12.0. The van der Waals surface area contributed by atoms with Crippen molar-refractivity contribution >= 4 is 17.6 Å². The molecule has 0 saturated carbocycles. The second-order valence-electron chi connectivity index (χ2n) is 5.19. The highest BCUT2D eigenvalue weighted by Crippen LogP contribution is 2.12. The highest BCUT2D eigenvalue weighted by molar-refractivity contribution is 6.04. The standard InChI is InChI=1S/C15H18N4O2/c1-10(2)9-19-13(7-8-17-19)18-15(21)12-5-3-11(4-6-12)14(16)20/h3-8,10H,9H2,1-2H3,(H2,16,20)(H,18,21). The number of benzene rings is 1. The molecule has 0 aliphatic rings. The largest absolute Gasteiger partial charge is 0.366 e. The van der Waals surface area contributed by atoms with Gasteiger partial charge in [-0.05, 0) is 30.2 Å². The number of carbonyl (C=O) groups is 2. The summed E-state index contributed by atoms with van der Waals surface area (Å²) in [5.74, 6) is 0.302. The molecular weight excluding hydrogens is 268 g/mol.